The van der Waals surface area contributed by atoms with Crippen molar-refractivity contribution in [3.05, 3.63) is 16.5 Å². The first kappa shape index (κ1) is 18.1. The molecular weight excluding hydrogens is 370 g/mol. The highest BCUT2D eigenvalue weighted by atomic mass is 35.5. The quantitative estimate of drug-likeness (QED) is 0.828. The van der Waals surface area contributed by atoms with Gasteiger partial charge < -0.3 is 10.2 Å². The molecule has 0 spiro atoms. The van der Waals surface area contributed by atoms with Gasteiger partial charge in [-0.15, -0.1) is 11.3 Å². The van der Waals surface area contributed by atoms with Gasteiger partial charge in [-0.05, 0) is 44.0 Å². The molecule has 2 aliphatic heterocycles. The maximum Gasteiger partial charge on any atom is 0.252 e. The van der Waals surface area contributed by atoms with Gasteiger partial charge >= 0.3 is 0 Å². The van der Waals surface area contributed by atoms with Gasteiger partial charge in [-0.1, -0.05) is 11.6 Å². The Kier molecular flexibility index (Phi) is 5.82. The van der Waals surface area contributed by atoms with Crippen LogP contribution in [0.4, 0.5) is 0 Å². The zero-order chi connectivity index (χ0) is 17.2. The fourth-order valence-corrected chi connectivity index (χ4v) is 6.25. The SMILES string of the molecule is O=C(CCC1CCNC1)N1CCN(S(=O)(=O)c2ccc(Cl)s2)CC1. The van der Waals surface area contributed by atoms with Crippen LogP contribution >= 0.6 is 22.9 Å². The van der Waals surface area contributed by atoms with Crippen molar-refractivity contribution in [2.75, 3.05) is 39.3 Å². The summed E-state index contributed by atoms with van der Waals surface area (Å²) in [6.07, 6.45) is 2.61. The van der Waals surface area contributed by atoms with Gasteiger partial charge in [0, 0.05) is 32.6 Å². The molecule has 6 nitrogen and oxygen atoms in total. The van der Waals surface area contributed by atoms with E-state index in [1.807, 2.05) is 0 Å². The van der Waals surface area contributed by atoms with Gasteiger partial charge in [0.05, 0.1) is 4.34 Å². The van der Waals surface area contributed by atoms with Crippen LogP contribution in [0.3, 0.4) is 0 Å². The molecule has 0 saturated carbocycles. The number of sulfonamides is 1. The molecule has 1 aromatic heterocycles. The number of piperazine rings is 1. The number of rotatable bonds is 5. The van der Waals surface area contributed by atoms with Gasteiger partial charge in [-0.2, -0.15) is 4.31 Å². The molecule has 2 aliphatic rings. The van der Waals surface area contributed by atoms with Crippen molar-refractivity contribution in [3.63, 3.8) is 0 Å². The Morgan fingerprint density at radius 3 is 2.62 bits per heavy atom. The molecular formula is C15H22ClN3O3S2. The van der Waals surface area contributed by atoms with Gasteiger partial charge in [0.2, 0.25) is 5.91 Å². The lowest BCUT2D eigenvalue weighted by atomic mass is 10.0. The average molecular weight is 392 g/mol. The zero-order valence-corrected chi connectivity index (χ0v) is 15.8. The molecule has 0 bridgehead atoms. The highest BCUT2D eigenvalue weighted by Gasteiger charge is 2.31. The lowest BCUT2D eigenvalue weighted by molar-refractivity contribution is -0.132. The first-order valence-corrected chi connectivity index (χ1v) is 10.8. The maximum atomic E-state index is 12.5. The maximum absolute atomic E-state index is 12.5. The Hall–Kier alpha value is -0.670. The number of carbonyl (C=O) groups excluding carboxylic acids is 1. The fraction of sp³-hybridized carbons (Fsp3) is 0.667. The van der Waals surface area contributed by atoms with Crippen LogP contribution in [0.5, 0.6) is 0 Å². The number of amides is 1. The van der Waals surface area contributed by atoms with E-state index in [2.05, 4.69) is 5.32 Å². The molecule has 1 amide bonds. The predicted octanol–water partition coefficient (Wildman–Crippen LogP) is 1.62. The van der Waals surface area contributed by atoms with Crippen LogP contribution in [0.25, 0.3) is 0 Å². The van der Waals surface area contributed by atoms with E-state index in [1.165, 1.54) is 10.4 Å². The summed E-state index contributed by atoms with van der Waals surface area (Å²) in [5, 5.41) is 3.31. The summed E-state index contributed by atoms with van der Waals surface area (Å²) in [5.74, 6) is 0.734. The zero-order valence-electron chi connectivity index (χ0n) is 13.4. The number of nitrogens with zero attached hydrogens (tertiary/aromatic N) is 2. The van der Waals surface area contributed by atoms with Gasteiger partial charge in [0.15, 0.2) is 0 Å². The van der Waals surface area contributed by atoms with E-state index in [0.717, 1.165) is 37.3 Å². The second kappa shape index (κ2) is 7.70. The van der Waals surface area contributed by atoms with Crippen LogP contribution in [-0.4, -0.2) is 62.8 Å². The Morgan fingerprint density at radius 1 is 1.29 bits per heavy atom. The van der Waals surface area contributed by atoms with E-state index in [0.29, 0.717) is 42.9 Å². The minimum Gasteiger partial charge on any atom is -0.340 e. The molecule has 9 heteroatoms. The van der Waals surface area contributed by atoms with Crippen molar-refractivity contribution in [2.45, 2.75) is 23.5 Å². The summed E-state index contributed by atoms with van der Waals surface area (Å²) in [6.45, 7) is 3.65. The molecule has 3 rings (SSSR count). The topological polar surface area (TPSA) is 69.7 Å². The third-order valence-electron chi connectivity index (χ3n) is 4.66. The average Bonchev–Trinajstić information content (AvgIpc) is 3.24. The predicted molar refractivity (Wildman–Crippen MR) is 94.9 cm³/mol. The van der Waals surface area contributed by atoms with Gasteiger partial charge in [-0.3, -0.25) is 4.79 Å². The highest BCUT2D eigenvalue weighted by Crippen LogP contribution is 2.28. The first-order valence-electron chi connectivity index (χ1n) is 8.21. The standard InChI is InChI=1S/C15H22ClN3O3S2/c16-13-2-4-15(23-13)24(21,22)19-9-7-18(8-10-19)14(20)3-1-12-5-6-17-11-12/h2,4,12,17H,1,3,5-11H2. The molecule has 0 aromatic carbocycles. The van der Waals surface area contributed by atoms with Crippen molar-refractivity contribution in [3.8, 4) is 0 Å². The van der Waals surface area contributed by atoms with Gasteiger partial charge in [-0.25, -0.2) is 8.42 Å². The van der Waals surface area contributed by atoms with E-state index in [1.54, 1.807) is 11.0 Å². The molecule has 134 valence electrons. The summed E-state index contributed by atoms with van der Waals surface area (Å²) >= 11 is 6.90. The summed E-state index contributed by atoms with van der Waals surface area (Å²) in [6, 6.07) is 3.13. The van der Waals surface area contributed by atoms with Crippen LogP contribution < -0.4 is 5.32 Å². The molecule has 24 heavy (non-hydrogen) atoms. The number of nitrogens with one attached hydrogen (secondary N) is 1. The van der Waals surface area contributed by atoms with Crippen molar-refractivity contribution in [2.24, 2.45) is 5.92 Å². The summed E-state index contributed by atoms with van der Waals surface area (Å²) in [7, 11) is -3.49. The second-order valence-electron chi connectivity index (χ2n) is 6.24. The first-order chi connectivity index (χ1) is 11.5. The van der Waals surface area contributed by atoms with Crippen LogP contribution in [0.1, 0.15) is 19.3 Å². The van der Waals surface area contributed by atoms with Crippen molar-refractivity contribution < 1.29 is 13.2 Å². The normalized spacial score (nSPS) is 22.9. The van der Waals surface area contributed by atoms with Crippen LogP contribution in [0, 0.1) is 5.92 Å². The van der Waals surface area contributed by atoms with E-state index in [-0.39, 0.29) is 10.1 Å². The van der Waals surface area contributed by atoms with E-state index in [9.17, 15) is 13.2 Å². The molecule has 1 aromatic rings. The highest BCUT2D eigenvalue weighted by molar-refractivity contribution is 7.91. The number of halogens is 1. The van der Waals surface area contributed by atoms with Crippen molar-refractivity contribution >= 4 is 38.9 Å². The van der Waals surface area contributed by atoms with Gasteiger partial charge in [0.25, 0.3) is 10.0 Å². The van der Waals surface area contributed by atoms with Gasteiger partial charge in [0.1, 0.15) is 4.21 Å². The molecule has 0 radical (unpaired) electrons. The third kappa shape index (κ3) is 4.11. The van der Waals surface area contributed by atoms with Crippen molar-refractivity contribution in [1.29, 1.82) is 0 Å². The number of carbonyl (C=O) groups is 1. The Bertz CT molecular complexity index is 678. The van der Waals surface area contributed by atoms with E-state index < -0.39 is 10.0 Å². The van der Waals surface area contributed by atoms with E-state index in [4.69, 9.17) is 11.6 Å². The molecule has 1 unspecified atom stereocenters. The summed E-state index contributed by atoms with van der Waals surface area (Å²) in [4.78, 5) is 14.1. The fourth-order valence-electron chi connectivity index (χ4n) is 3.19. The van der Waals surface area contributed by atoms with Crippen LogP contribution in [0.2, 0.25) is 4.34 Å². The lowest BCUT2D eigenvalue weighted by Gasteiger charge is -2.34. The van der Waals surface area contributed by atoms with Crippen molar-refractivity contribution in [1.82, 2.24) is 14.5 Å². The molecule has 1 N–H and O–H groups in total. The minimum absolute atomic E-state index is 0.137. The molecule has 2 fully saturated rings. The second-order valence-corrected chi connectivity index (χ2v) is 10.1. The van der Waals surface area contributed by atoms with Crippen LogP contribution in [0.15, 0.2) is 16.3 Å². The largest absolute Gasteiger partial charge is 0.340 e. The minimum atomic E-state index is -3.49. The summed E-state index contributed by atoms with van der Waals surface area (Å²) < 4.78 is 27.3. The lowest BCUT2D eigenvalue weighted by Crippen LogP contribution is -2.50. The Labute approximate surface area is 151 Å². The smallest absolute Gasteiger partial charge is 0.252 e. The molecule has 3 heterocycles. The molecule has 2 saturated heterocycles. The summed E-state index contributed by atoms with van der Waals surface area (Å²) in [5.41, 5.74) is 0. The third-order valence-corrected chi connectivity index (χ3v) is 8.26. The Balaban J connectivity index is 1.50. The number of thiophene rings is 1. The van der Waals surface area contributed by atoms with E-state index >= 15 is 0 Å². The molecule has 1 atom stereocenters. The monoisotopic (exact) mass is 391 g/mol. The number of hydrogen-bond donors (Lipinski definition) is 1. The number of hydrogen-bond acceptors (Lipinski definition) is 5. The molecule has 0 aliphatic carbocycles. The van der Waals surface area contributed by atoms with Crippen LogP contribution in [-0.2, 0) is 14.8 Å². The Morgan fingerprint density at radius 2 is 2.04 bits per heavy atom.